The maximum absolute atomic E-state index is 12.1. The Hall–Kier alpha value is -1.62. The molecule has 0 spiro atoms. The Balaban J connectivity index is 2.50. The van der Waals surface area contributed by atoms with Gasteiger partial charge in [-0.3, -0.25) is 9.36 Å². The van der Waals surface area contributed by atoms with E-state index >= 15 is 0 Å². The highest BCUT2D eigenvalue weighted by molar-refractivity contribution is 9.10. The zero-order chi connectivity index (χ0) is 14.0. The van der Waals surface area contributed by atoms with Crippen molar-refractivity contribution in [1.82, 2.24) is 9.55 Å². The average molecular weight is 323 g/mol. The number of hydrogen-bond donors (Lipinski definition) is 0. The molecule has 1 aromatic heterocycles. The number of methoxy groups -OCH3 is 1. The van der Waals surface area contributed by atoms with Crippen molar-refractivity contribution >= 4 is 15.9 Å². The third-order valence-electron chi connectivity index (χ3n) is 2.97. The van der Waals surface area contributed by atoms with E-state index in [2.05, 4.69) is 20.9 Å². The van der Waals surface area contributed by atoms with Gasteiger partial charge in [-0.1, -0.05) is 17.7 Å². The van der Waals surface area contributed by atoms with Crippen molar-refractivity contribution in [2.24, 2.45) is 0 Å². The summed E-state index contributed by atoms with van der Waals surface area (Å²) in [5.41, 5.74) is 2.01. The van der Waals surface area contributed by atoms with Crippen molar-refractivity contribution in [2.75, 3.05) is 7.11 Å². The van der Waals surface area contributed by atoms with Crippen LogP contribution in [0.15, 0.2) is 33.7 Å². The predicted molar refractivity (Wildman–Crippen MR) is 77.8 cm³/mol. The smallest absolute Gasteiger partial charge is 0.268 e. The van der Waals surface area contributed by atoms with Gasteiger partial charge in [0.15, 0.2) is 0 Å². The molecule has 0 N–H and O–H groups in total. The molecule has 0 fully saturated rings. The van der Waals surface area contributed by atoms with Crippen LogP contribution in [0, 0.1) is 13.8 Å². The Morgan fingerprint density at radius 2 is 2.11 bits per heavy atom. The van der Waals surface area contributed by atoms with Crippen LogP contribution in [-0.2, 0) is 6.54 Å². The number of nitrogens with zero attached hydrogens (tertiary/aromatic N) is 2. The number of ether oxygens (including phenoxy) is 1. The van der Waals surface area contributed by atoms with E-state index in [1.165, 1.54) is 6.20 Å². The van der Waals surface area contributed by atoms with Crippen LogP contribution < -0.4 is 10.3 Å². The first-order valence-electron chi connectivity index (χ1n) is 5.88. The summed E-state index contributed by atoms with van der Waals surface area (Å²) < 4.78 is 7.42. The molecule has 2 rings (SSSR count). The highest BCUT2D eigenvalue weighted by Crippen LogP contribution is 2.20. The second kappa shape index (κ2) is 5.57. The Morgan fingerprint density at radius 3 is 2.79 bits per heavy atom. The predicted octanol–water partition coefficient (Wildman–Crippen LogP) is 2.68. The van der Waals surface area contributed by atoms with E-state index in [0.717, 1.165) is 16.9 Å². The number of aromatic nitrogens is 2. The van der Waals surface area contributed by atoms with E-state index in [4.69, 9.17) is 4.74 Å². The number of benzene rings is 1. The first kappa shape index (κ1) is 13.8. The molecule has 4 nitrogen and oxygen atoms in total. The lowest BCUT2D eigenvalue weighted by atomic mass is 10.1. The van der Waals surface area contributed by atoms with Gasteiger partial charge < -0.3 is 4.74 Å². The van der Waals surface area contributed by atoms with Crippen LogP contribution in [0.2, 0.25) is 0 Å². The van der Waals surface area contributed by atoms with Gasteiger partial charge in [-0.2, -0.15) is 0 Å². The third kappa shape index (κ3) is 2.87. The second-order valence-electron chi connectivity index (χ2n) is 4.36. The van der Waals surface area contributed by atoms with Gasteiger partial charge in [-0.15, -0.1) is 0 Å². The summed E-state index contributed by atoms with van der Waals surface area (Å²) in [6.07, 6.45) is 1.53. The molecule has 19 heavy (non-hydrogen) atoms. The summed E-state index contributed by atoms with van der Waals surface area (Å²) in [5.74, 6) is 1.45. The Labute approximate surface area is 120 Å². The van der Waals surface area contributed by atoms with Crippen molar-refractivity contribution in [3.63, 3.8) is 0 Å². The summed E-state index contributed by atoms with van der Waals surface area (Å²) in [7, 11) is 1.63. The van der Waals surface area contributed by atoms with Gasteiger partial charge in [0.2, 0.25) is 0 Å². The Morgan fingerprint density at radius 1 is 1.37 bits per heavy atom. The molecular weight excluding hydrogens is 308 g/mol. The highest BCUT2D eigenvalue weighted by Gasteiger charge is 2.09. The molecule has 0 bridgehead atoms. The molecular formula is C14H15BrN2O2. The maximum Gasteiger partial charge on any atom is 0.268 e. The lowest BCUT2D eigenvalue weighted by molar-refractivity contribution is 0.407. The van der Waals surface area contributed by atoms with E-state index in [1.54, 1.807) is 11.7 Å². The molecule has 0 aliphatic heterocycles. The summed E-state index contributed by atoms with van der Waals surface area (Å²) in [6.45, 7) is 4.27. The largest absolute Gasteiger partial charge is 0.496 e. The quantitative estimate of drug-likeness (QED) is 0.872. The molecule has 0 radical (unpaired) electrons. The van der Waals surface area contributed by atoms with Crippen LogP contribution in [0.3, 0.4) is 0 Å². The van der Waals surface area contributed by atoms with Gasteiger partial charge >= 0.3 is 0 Å². The third-order valence-corrected chi connectivity index (χ3v) is 3.51. The lowest BCUT2D eigenvalue weighted by Crippen LogP contribution is -2.24. The van der Waals surface area contributed by atoms with E-state index in [0.29, 0.717) is 16.8 Å². The first-order valence-corrected chi connectivity index (χ1v) is 6.67. The fourth-order valence-electron chi connectivity index (χ4n) is 1.94. The number of aryl methyl sites for hydroxylation is 2. The SMILES string of the molecule is COc1ccc(C)cc1Cn1c(C)ncc(Br)c1=O. The molecule has 0 saturated carbocycles. The lowest BCUT2D eigenvalue weighted by Gasteiger charge is -2.13. The Bertz CT molecular complexity index is 665. The topological polar surface area (TPSA) is 44.1 Å². The molecule has 0 saturated heterocycles. The molecule has 0 amide bonds. The molecule has 5 heteroatoms. The van der Waals surface area contributed by atoms with E-state index in [9.17, 15) is 4.79 Å². The van der Waals surface area contributed by atoms with Crippen molar-refractivity contribution in [3.8, 4) is 5.75 Å². The number of halogens is 1. The van der Waals surface area contributed by atoms with E-state index in [1.807, 2.05) is 32.0 Å². The monoisotopic (exact) mass is 322 g/mol. The molecule has 1 aromatic carbocycles. The van der Waals surface area contributed by atoms with E-state index < -0.39 is 0 Å². The van der Waals surface area contributed by atoms with Crippen molar-refractivity contribution in [3.05, 3.63) is 56.2 Å². The molecule has 2 aromatic rings. The minimum atomic E-state index is -0.0870. The molecule has 1 heterocycles. The summed E-state index contributed by atoms with van der Waals surface area (Å²) in [4.78, 5) is 16.3. The first-order chi connectivity index (χ1) is 9.02. The zero-order valence-electron chi connectivity index (χ0n) is 11.1. The fourth-order valence-corrected chi connectivity index (χ4v) is 2.25. The second-order valence-corrected chi connectivity index (χ2v) is 5.21. The Kier molecular flexibility index (Phi) is 4.04. The average Bonchev–Trinajstić information content (AvgIpc) is 2.39. The van der Waals surface area contributed by atoms with Crippen LogP contribution in [0.4, 0.5) is 0 Å². The van der Waals surface area contributed by atoms with Gasteiger partial charge in [0.1, 0.15) is 16.0 Å². The van der Waals surface area contributed by atoms with Gasteiger partial charge in [0, 0.05) is 11.8 Å². The highest BCUT2D eigenvalue weighted by atomic mass is 79.9. The molecule has 0 unspecified atom stereocenters. The van der Waals surface area contributed by atoms with Crippen molar-refractivity contribution in [1.29, 1.82) is 0 Å². The normalized spacial score (nSPS) is 10.5. The summed E-state index contributed by atoms with van der Waals surface area (Å²) in [5, 5.41) is 0. The molecule has 100 valence electrons. The number of hydrogen-bond acceptors (Lipinski definition) is 3. The minimum absolute atomic E-state index is 0.0870. The standard InChI is InChI=1S/C14H15BrN2O2/c1-9-4-5-13(19-3)11(6-9)8-17-10(2)16-7-12(15)14(17)18/h4-7H,8H2,1-3H3. The maximum atomic E-state index is 12.1. The van der Waals surface area contributed by atoms with Crippen molar-refractivity contribution in [2.45, 2.75) is 20.4 Å². The fraction of sp³-hybridized carbons (Fsp3) is 0.286. The van der Waals surface area contributed by atoms with Crippen LogP contribution in [-0.4, -0.2) is 16.7 Å². The molecule has 0 aliphatic rings. The summed E-state index contributed by atoms with van der Waals surface area (Å²) >= 11 is 3.22. The molecule has 0 aliphatic carbocycles. The van der Waals surface area contributed by atoms with Gasteiger partial charge in [-0.05, 0) is 35.8 Å². The van der Waals surface area contributed by atoms with Crippen LogP contribution in [0.1, 0.15) is 17.0 Å². The van der Waals surface area contributed by atoms with Gasteiger partial charge in [0.05, 0.1) is 13.7 Å². The minimum Gasteiger partial charge on any atom is -0.496 e. The van der Waals surface area contributed by atoms with Gasteiger partial charge in [-0.25, -0.2) is 4.98 Å². The number of rotatable bonds is 3. The van der Waals surface area contributed by atoms with Crippen LogP contribution in [0.25, 0.3) is 0 Å². The van der Waals surface area contributed by atoms with E-state index in [-0.39, 0.29) is 5.56 Å². The van der Waals surface area contributed by atoms with Gasteiger partial charge in [0.25, 0.3) is 5.56 Å². The van der Waals surface area contributed by atoms with Crippen LogP contribution >= 0.6 is 15.9 Å². The zero-order valence-corrected chi connectivity index (χ0v) is 12.7. The molecule has 0 atom stereocenters. The van der Waals surface area contributed by atoms with Crippen LogP contribution in [0.5, 0.6) is 5.75 Å². The summed E-state index contributed by atoms with van der Waals surface area (Å²) in [6, 6.07) is 5.92. The van der Waals surface area contributed by atoms with Crippen molar-refractivity contribution < 1.29 is 4.74 Å².